The molecular formula is C9H11NOS. The Balaban J connectivity index is 2.79. The van der Waals surface area contributed by atoms with Gasteiger partial charge in [-0.1, -0.05) is 12.1 Å². The molecule has 0 radical (unpaired) electrons. The van der Waals surface area contributed by atoms with Crippen molar-refractivity contribution in [3.05, 3.63) is 29.8 Å². The van der Waals surface area contributed by atoms with E-state index in [9.17, 15) is 4.79 Å². The van der Waals surface area contributed by atoms with E-state index < -0.39 is 0 Å². The van der Waals surface area contributed by atoms with Crippen LogP contribution in [0.15, 0.2) is 29.2 Å². The lowest BCUT2D eigenvalue weighted by molar-refractivity contribution is -0.117. The van der Waals surface area contributed by atoms with E-state index in [0.717, 1.165) is 10.5 Å². The fourth-order valence-electron chi connectivity index (χ4n) is 0.984. The molecule has 2 nitrogen and oxygen atoms in total. The molecule has 0 aromatic heterocycles. The van der Waals surface area contributed by atoms with Crippen LogP contribution in [0.4, 0.5) is 0 Å². The first-order valence-corrected chi connectivity index (χ1v) is 4.86. The first-order chi connectivity index (χ1) is 5.72. The standard InChI is InChI=1S/C9H11NOS/c1-12-8-4-2-3-7(5-8)6-9(10)11/h2-5H,6H2,1H3,(H2,10,11). The molecule has 2 N–H and O–H groups in total. The number of rotatable bonds is 3. The van der Waals surface area contributed by atoms with Gasteiger partial charge in [0.25, 0.3) is 0 Å². The van der Waals surface area contributed by atoms with Crippen molar-refractivity contribution in [2.45, 2.75) is 11.3 Å². The van der Waals surface area contributed by atoms with E-state index in [-0.39, 0.29) is 5.91 Å². The van der Waals surface area contributed by atoms with Crippen LogP contribution in [0.1, 0.15) is 5.56 Å². The van der Waals surface area contributed by atoms with Gasteiger partial charge in [-0.05, 0) is 24.0 Å². The molecule has 0 saturated carbocycles. The molecule has 0 bridgehead atoms. The van der Waals surface area contributed by atoms with E-state index in [1.165, 1.54) is 0 Å². The van der Waals surface area contributed by atoms with Gasteiger partial charge in [-0.2, -0.15) is 0 Å². The molecule has 12 heavy (non-hydrogen) atoms. The molecule has 0 saturated heterocycles. The van der Waals surface area contributed by atoms with Crippen molar-refractivity contribution in [1.29, 1.82) is 0 Å². The summed E-state index contributed by atoms with van der Waals surface area (Å²) in [6.45, 7) is 0. The summed E-state index contributed by atoms with van der Waals surface area (Å²) in [6, 6.07) is 7.83. The van der Waals surface area contributed by atoms with Crippen molar-refractivity contribution >= 4 is 17.7 Å². The average molecular weight is 181 g/mol. The normalized spacial score (nSPS) is 9.75. The highest BCUT2D eigenvalue weighted by atomic mass is 32.2. The number of hydrogen-bond acceptors (Lipinski definition) is 2. The molecule has 3 heteroatoms. The Labute approximate surface area is 76.2 Å². The lowest BCUT2D eigenvalue weighted by Crippen LogP contribution is -2.13. The van der Waals surface area contributed by atoms with Crippen LogP contribution in [0.25, 0.3) is 0 Å². The lowest BCUT2D eigenvalue weighted by Gasteiger charge is -1.99. The molecule has 0 fully saturated rings. The SMILES string of the molecule is CSc1cccc(CC(N)=O)c1. The van der Waals surface area contributed by atoms with Gasteiger partial charge in [-0.15, -0.1) is 11.8 Å². The first kappa shape index (κ1) is 9.13. The summed E-state index contributed by atoms with van der Waals surface area (Å²) in [6.07, 6.45) is 2.33. The van der Waals surface area contributed by atoms with Crippen molar-refractivity contribution in [3.63, 3.8) is 0 Å². The van der Waals surface area contributed by atoms with E-state index in [0.29, 0.717) is 6.42 Å². The minimum absolute atomic E-state index is 0.284. The third-order valence-electron chi connectivity index (χ3n) is 1.51. The first-order valence-electron chi connectivity index (χ1n) is 3.63. The summed E-state index contributed by atoms with van der Waals surface area (Å²) >= 11 is 1.66. The highest BCUT2D eigenvalue weighted by Gasteiger charge is 1.98. The quantitative estimate of drug-likeness (QED) is 0.717. The Bertz CT molecular complexity index is 286. The van der Waals surface area contributed by atoms with Gasteiger partial charge in [0.15, 0.2) is 0 Å². The van der Waals surface area contributed by atoms with E-state index in [1.54, 1.807) is 11.8 Å². The van der Waals surface area contributed by atoms with E-state index in [1.807, 2.05) is 30.5 Å². The zero-order valence-corrected chi connectivity index (χ0v) is 7.73. The molecule has 0 spiro atoms. The van der Waals surface area contributed by atoms with E-state index >= 15 is 0 Å². The molecule has 1 rings (SSSR count). The third kappa shape index (κ3) is 2.58. The van der Waals surface area contributed by atoms with Gasteiger partial charge < -0.3 is 5.73 Å². The third-order valence-corrected chi connectivity index (χ3v) is 2.24. The topological polar surface area (TPSA) is 43.1 Å². The maximum atomic E-state index is 10.6. The van der Waals surface area contributed by atoms with Gasteiger partial charge in [-0.25, -0.2) is 0 Å². The van der Waals surface area contributed by atoms with Crippen LogP contribution >= 0.6 is 11.8 Å². The molecule has 0 aliphatic carbocycles. The van der Waals surface area contributed by atoms with Crippen LogP contribution in [0, 0.1) is 0 Å². The number of amides is 1. The minimum atomic E-state index is -0.284. The van der Waals surface area contributed by atoms with Crippen LogP contribution < -0.4 is 5.73 Å². The molecule has 64 valence electrons. The Morgan fingerprint density at radius 2 is 2.33 bits per heavy atom. The monoisotopic (exact) mass is 181 g/mol. The van der Waals surface area contributed by atoms with E-state index in [2.05, 4.69) is 0 Å². The van der Waals surface area contributed by atoms with Crippen molar-refractivity contribution in [1.82, 2.24) is 0 Å². The summed E-state index contributed by atoms with van der Waals surface area (Å²) in [5.41, 5.74) is 6.05. The Kier molecular flexibility index (Phi) is 3.17. The van der Waals surface area contributed by atoms with Crippen LogP contribution in [0.3, 0.4) is 0 Å². The molecule has 1 amide bonds. The van der Waals surface area contributed by atoms with Gasteiger partial charge in [0.2, 0.25) is 5.91 Å². The molecule has 1 aromatic carbocycles. The second-order valence-corrected chi connectivity index (χ2v) is 3.37. The number of nitrogens with two attached hydrogens (primary N) is 1. The molecule has 0 atom stereocenters. The van der Waals surface area contributed by atoms with Crippen LogP contribution in [0.5, 0.6) is 0 Å². The van der Waals surface area contributed by atoms with E-state index in [4.69, 9.17) is 5.73 Å². The summed E-state index contributed by atoms with van der Waals surface area (Å²) < 4.78 is 0. The highest BCUT2D eigenvalue weighted by Crippen LogP contribution is 2.15. The minimum Gasteiger partial charge on any atom is -0.369 e. The van der Waals surface area contributed by atoms with Crippen molar-refractivity contribution < 1.29 is 4.79 Å². The van der Waals surface area contributed by atoms with Gasteiger partial charge in [0.05, 0.1) is 6.42 Å². The van der Waals surface area contributed by atoms with Crippen molar-refractivity contribution in [3.8, 4) is 0 Å². The summed E-state index contributed by atoms with van der Waals surface area (Å²) in [5, 5.41) is 0. The van der Waals surface area contributed by atoms with Crippen LogP contribution in [0.2, 0.25) is 0 Å². The molecule has 0 aliphatic heterocycles. The summed E-state index contributed by atoms with van der Waals surface area (Å²) in [7, 11) is 0. The fraction of sp³-hybridized carbons (Fsp3) is 0.222. The Morgan fingerprint density at radius 3 is 2.92 bits per heavy atom. The molecule has 1 aromatic rings. The molecule has 0 unspecified atom stereocenters. The summed E-state index contributed by atoms with van der Waals surface area (Å²) in [4.78, 5) is 11.7. The number of thioether (sulfide) groups is 1. The van der Waals surface area contributed by atoms with Crippen LogP contribution in [-0.2, 0) is 11.2 Å². The zero-order valence-electron chi connectivity index (χ0n) is 6.91. The average Bonchev–Trinajstić information content (AvgIpc) is 2.03. The number of primary amides is 1. The highest BCUT2D eigenvalue weighted by molar-refractivity contribution is 7.98. The molecule has 0 heterocycles. The van der Waals surface area contributed by atoms with Crippen molar-refractivity contribution in [2.75, 3.05) is 6.26 Å². The van der Waals surface area contributed by atoms with Gasteiger partial charge >= 0.3 is 0 Å². The predicted octanol–water partition coefficient (Wildman–Crippen LogP) is 1.44. The van der Waals surface area contributed by atoms with Crippen LogP contribution in [-0.4, -0.2) is 12.2 Å². The lowest BCUT2D eigenvalue weighted by atomic mass is 10.1. The second kappa shape index (κ2) is 4.16. The molecular weight excluding hydrogens is 170 g/mol. The van der Waals surface area contributed by atoms with Crippen molar-refractivity contribution in [2.24, 2.45) is 5.73 Å². The smallest absolute Gasteiger partial charge is 0.221 e. The number of benzene rings is 1. The predicted molar refractivity (Wildman–Crippen MR) is 51.1 cm³/mol. The summed E-state index contributed by atoms with van der Waals surface area (Å²) in [5.74, 6) is -0.284. The molecule has 0 aliphatic rings. The number of hydrogen-bond donors (Lipinski definition) is 1. The maximum absolute atomic E-state index is 10.6. The van der Waals surface area contributed by atoms with Gasteiger partial charge in [0.1, 0.15) is 0 Å². The Hall–Kier alpha value is -0.960. The maximum Gasteiger partial charge on any atom is 0.221 e. The second-order valence-electron chi connectivity index (χ2n) is 2.49. The Morgan fingerprint density at radius 1 is 1.58 bits per heavy atom. The van der Waals surface area contributed by atoms with Gasteiger partial charge in [-0.3, -0.25) is 4.79 Å². The fourth-order valence-corrected chi connectivity index (χ4v) is 1.47. The number of carbonyl (C=O) groups is 1. The largest absolute Gasteiger partial charge is 0.369 e. The van der Waals surface area contributed by atoms with Gasteiger partial charge in [0, 0.05) is 4.90 Å². The number of carbonyl (C=O) groups excluding carboxylic acids is 1. The zero-order chi connectivity index (χ0) is 8.97.